The molecule has 0 amide bonds. The Bertz CT molecular complexity index is 555. The van der Waals surface area contributed by atoms with Gasteiger partial charge in [0.05, 0.1) is 11.1 Å². The van der Waals surface area contributed by atoms with E-state index >= 15 is 0 Å². The maximum atomic E-state index is 12.6. The van der Waals surface area contributed by atoms with E-state index in [0.29, 0.717) is 0 Å². The van der Waals surface area contributed by atoms with Crippen molar-refractivity contribution in [2.75, 3.05) is 0 Å². The summed E-state index contributed by atoms with van der Waals surface area (Å²) in [5.74, 6) is -1.15. The summed E-state index contributed by atoms with van der Waals surface area (Å²) in [5.41, 5.74) is -0.231. The third kappa shape index (κ3) is 1.60. The molecule has 5 heteroatoms. The van der Waals surface area contributed by atoms with E-state index in [1.165, 1.54) is 24.4 Å². The lowest BCUT2D eigenvalue weighted by Gasteiger charge is -2.06. The highest BCUT2D eigenvalue weighted by molar-refractivity contribution is 6.03. The van der Waals surface area contributed by atoms with E-state index in [2.05, 4.69) is 4.98 Å². The molecule has 0 aliphatic carbocycles. The van der Waals surface area contributed by atoms with Crippen LogP contribution in [0.5, 0.6) is 0 Å². The monoisotopic (exact) mass is 223 g/mol. The molecule has 0 unspecified atom stereocenters. The third-order valence-electron chi connectivity index (χ3n) is 2.27. The van der Waals surface area contributed by atoms with E-state index in [9.17, 15) is 13.6 Å². The lowest BCUT2D eigenvalue weighted by atomic mass is 10.0. The summed E-state index contributed by atoms with van der Waals surface area (Å²) in [6.07, 6.45) is -1.31. The van der Waals surface area contributed by atoms with Gasteiger partial charge >= 0.3 is 5.97 Å². The largest absolute Gasteiger partial charge is 0.478 e. The summed E-state index contributed by atoms with van der Waals surface area (Å²) in [6.45, 7) is 0. The average molecular weight is 223 g/mol. The SMILES string of the molecule is O=C(O)c1ccc(C(F)F)c2ncccc12. The van der Waals surface area contributed by atoms with Gasteiger partial charge < -0.3 is 5.11 Å². The fraction of sp³-hybridized carbons (Fsp3) is 0.0909. The minimum atomic E-state index is -2.67. The number of halogens is 2. The number of nitrogens with zero attached hydrogens (tertiary/aromatic N) is 1. The molecule has 0 aliphatic rings. The molecule has 2 aromatic rings. The zero-order chi connectivity index (χ0) is 11.7. The molecule has 1 N–H and O–H groups in total. The van der Waals surface area contributed by atoms with Gasteiger partial charge in [-0.15, -0.1) is 0 Å². The number of aromatic nitrogens is 1. The summed E-state index contributed by atoms with van der Waals surface area (Å²) in [5, 5.41) is 9.13. The number of hydrogen-bond acceptors (Lipinski definition) is 2. The fourth-order valence-electron chi connectivity index (χ4n) is 1.56. The number of alkyl halides is 2. The van der Waals surface area contributed by atoms with Crippen molar-refractivity contribution in [2.24, 2.45) is 0 Å². The van der Waals surface area contributed by atoms with Crippen molar-refractivity contribution in [1.29, 1.82) is 0 Å². The van der Waals surface area contributed by atoms with Gasteiger partial charge in [0.1, 0.15) is 0 Å². The van der Waals surface area contributed by atoms with Gasteiger partial charge in [-0.05, 0) is 12.1 Å². The zero-order valence-corrected chi connectivity index (χ0v) is 8.02. The molecule has 0 bridgehead atoms. The molecule has 3 nitrogen and oxygen atoms in total. The molecule has 0 saturated heterocycles. The molecular formula is C11H7F2NO2. The van der Waals surface area contributed by atoms with E-state index in [0.717, 1.165) is 6.07 Å². The zero-order valence-electron chi connectivity index (χ0n) is 8.02. The molecule has 0 atom stereocenters. The predicted molar refractivity (Wildman–Crippen MR) is 53.7 cm³/mol. The Hall–Kier alpha value is -2.04. The molecule has 1 aromatic heterocycles. The van der Waals surface area contributed by atoms with E-state index < -0.39 is 12.4 Å². The number of benzene rings is 1. The van der Waals surface area contributed by atoms with Crippen molar-refractivity contribution in [2.45, 2.75) is 6.43 Å². The first-order chi connectivity index (χ1) is 7.61. The lowest BCUT2D eigenvalue weighted by molar-refractivity contribution is 0.0698. The highest BCUT2D eigenvalue weighted by atomic mass is 19.3. The van der Waals surface area contributed by atoms with Gasteiger partial charge in [0.15, 0.2) is 0 Å². The van der Waals surface area contributed by atoms with Crippen LogP contribution in [0.4, 0.5) is 8.78 Å². The number of pyridine rings is 1. The molecule has 0 radical (unpaired) electrons. The van der Waals surface area contributed by atoms with Crippen LogP contribution >= 0.6 is 0 Å². The first-order valence-corrected chi connectivity index (χ1v) is 4.50. The number of carbonyl (C=O) groups is 1. The first-order valence-electron chi connectivity index (χ1n) is 4.50. The van der Waals surface area contributed by atoms with Gasteiger partial charge in [-0.25, -0.2) is 13.6 Å². The summed E-state index contributed by atoms with van der Waals surface area (Å²) >= 11 is 0. The molecule has 2 rings (SSSR count). The normalized spacial score (nSPS) is 10.9. The Morgan fingerprint density at radius 1 is 1.31 bits per heavy atom. The molecule has 0 spiro atoms. The molecule has 0 saturated carbocycles. The Labute approximate surface area is 89.3 Å². The van der Waals surface area contributed by atoms with Crippen LogP contribution in [-0.4, -0.2) is 16.1 Å². The minimum Gasteiger partial charge on any atom is -0.478 e. The maximum absolute atomic E-state index is 12.6. The van der Waals surface area contributed by atoms with Crippen molar-refractivity contribution in [3.8, 4) is 0 Å². The summed E-state index contributed by atoms with van der Waals surface area (Å²) in [7, 11) is 0. The highest BCUT2D eigenvalue weighted by Gasteiger charge is 2.16. The van der Waals surface area contributed by atoms with Crippen LogP contribution in [0.25, 0.3) is 10.9 Å². The molecular weight excluding hydrogens is 216 g/mol. The predicted octanol–water partition coefficient (Wildman–Crippen LogP) is 2.87. The Kier molecular flexibility index (Phi) is 2.52. The number of carboxylic acids is 1. The standard InChI is InChI=1S/C11H7F2NO2/c12-10(13)8-4-3-7(11(15)16)6-2-1-5-14-9(6)8/h1-5,10H,(H,15,16). The minimum absolute atomic E-state index is 0.0208. The molecule has 82 valence electrons. The Balaban J connectivity index is 2.82. The van der Waals surface area contributed by atoms with Gasteiger partial charge in [0, 0.05) is 17.1 Å². The number of fused-ring (bicyclic) bond motifs is 1. The van der Waals surface area contributed by atoms with Crippen molar-refractivity contribution < 1.29 is 18.7 Å². The number of hydrogen-bond donors (Lipinski definition) is 1. The second kappa shape index (κ2) is 3.84. The van der Waals surface area contributed by atoms with Crippen molar-refractivity contribution in [3.63, 3.8) is 0 Å². The number of carboxylic acid groups (broad SMARTS) is 1. The van der Waals surface area contributed by atoms with Crippen LogP contribution in [0.1, 0.15) is 22.3 Å². The summed E-state index contributed by atoms with van der Waals surface area (Å²) in [4.78, 5) is 14.7. The molecule has 1 heterocycles. The van der Waals surface area contributed by atoms with Crippen LogP contribution < -0.4 is 0 Å². The smallest absolute Gasteiger partial charge is 0.336 e. The second-order valence-corrected chi connectivity index (χ2v) is 3.21. The van der Waals surface area contributed by atoms with E-state index in [1.54, 1.807) is 0 Å². The summed E-state index contributed by atoms with van der Waals surface area (Å²) in [6, 6.07) is 5.26. The topological polar surface area (TPSA) is 50.2 Å². The van der Waals surface area contributed by atoms with Crippen LogP contribution in [0.3, 0.4) is 0 Å². The number of rotatable bonds is 2. The van der Waals surface area contributed by atoms with Crippen molar-refractivity contribution in [1.82, 2.24) is 4.98 Å². The van der Waals surface area contributed by atoms with Gasteiger partial charge in [-0.2, -0.15) is 0 Å². The summed E-state index contributed by atoms with van der Waals surface area (Å²) < 4.78 is 25.3. The van der Waals surface area contributed by atoms with Gasteiger partial charge in [0.25, 0.3) is 6.43 Å². The molecule has 1 aromatic carbocycles. The Morgan fingerprint density at radius 2 is 2.06 bits per heavy atom. The number of aromatic carboxylic acids is 1. The average Bonchev–Trinajstić information content (AvgIpc) is 2.27. The van der Waals surface area contributed by atoms with Crippen LogP contribution in [0.2, 0.25) is 0 Å². The van der Waals surface area contributed by atoms with Crippen LogP contribution in [0, 0.1) is 0 Å². The molecule has 0 aliphatic heterocycles. The highest BCUT2D eigenvalue weighted by Crippen LogP contribution is 2.28. The van der Waals surface area contributed by atoms with Crippen molar-refractivity contribution >= 4 is 16.9 Å². The molecule has 16 heavy (non-hydrogen) atoms. The first kappa shape index (κ1) is 10.5. The second-order valence-electron chi connectivity index (χ2n) is 3.21. The van der Waals surface area contributed by atoms with Crippen LogP contribution in [0.15, 0.2) is 30.5 Å². The fourth-order valence-corrected chi connectivity index (χ4v) is 1.56. The maximum Gasteiger partial charge on any atom is 0.336 e. The van der Waals surface area contributed by atoms with E-state index in [1.807, 2.05) is 0 Å². The third-order valence-corrected chi connectivity index (χ3v) is 2.27. The Morgan fingerprint density at radius 3 is 2.69 bits per heavy atom. The van der Waals surface area contributed by atoms with Crippen LogP contribution in [-0.2, 0) is 0 Å². The van der Waals surface area contributed by atoms with Gasteiger partial charge in [0.2, 0.25) is 0 Å². The van der Waals surface area contributed by atoms with E-state index in [4.69, 9.17) is 5.11 Å². The van der Waals surface area contributed by atoms with Gasteiger partial charge in [-0.3, -0.25) is 4.98 Å². The lowest BCUT2D eigenvalue weighted by Crippen LogP contribution is -2.00. The van der Waals surface area contributed by atoms with E-state index in [-0.39, 0.29) is 22.0 Å². The van der Waals surface area contributed by atoms with Gasteiger partial charge in [-0.1, -0.05) is 12.1 Å². The van der Waals surface area contributed by atoms with Crippen molar-refractivity contribution in [3.05, 3.63) is 41.6 Å². The quantitative estimate of drug-likeness (QED) is 0.851. The molecule has 0 fully saturated rings.